The number of fused-ring (bicyclic) bond motifs is 1. The number of nitrogens with one attached hydrogen (secondary N) is 1. The maximum atomic E-state index is 11.9. The Bertz CT molecular complexity index is 604. The second-order valence-corrected chi connectivity index (χ2v) is 5.42. The maximum Gasteiger partial charge on any atom is 0.325 e. The summed E-state index contributed by atoms with van der Waals surface area (Å²) in [5.41, 5.74) is 0.479. The number of amides is 2. The minimum Gasteiger partial charge on any atom is -0.482 e. The first-order chi connectivity index (χ1) is 9.88. The molecule has 0 radical (unpaired) electrons. The van der Waals surface area contributed by atoms with Gasteiger partial charge in [0.15, 0.2) is 6.61 Å². The van der Waals surface area contributed by atoms with E-state index in [2.05, 4.69) is 21.2 Å². The van der Waals surface area contributed by atoms with Crippen molar-refractivity contribution in [1.82, 2.24) is 5.32 Å². The van der Waals surface area contributed by atoms with Crippen LogP contribution in [0.4, 0.5) is 5.69 Å². The first kappa shape index (κ1) is 15.3. The smallest absolute Gasteiger partial charge is 0.325 e. The van der Waals surface area contributed by atoms with Crippen molar-refractivity contribution in [2.75, 3.05) is 18.1 Å². The highest BCUT2D eigenvalue weighted by atomic mass is 79.9. The highest BCUT2D eigenvalue weighted by Crippen LogP contribution is 2.34. The van der Waals surface area contributed by atoms with E-state index >= 15 is 0 Å². The van der Waals surface area contributed by atoms with Crippen LogP contribution in [-0.2, 0) is 14.4 Å². The molecule has 0 saturated carbocycles. The normalized spacial score (nSPS) is 15.0. The first-order valence-electron chi connectivity index (χ1n) is 6.13. The Morgan fingerprint density at radius 3 is 2.90 bits per heavy atom. The van der Waals surface area contributed by atoms with E-state index in [1.54, 1.807) is 18.2 Å². The molecule has 1 aliphatic rings. The maximum absolute atomic E-state index is 11.9. The minimum atomic E-state index is -1.14. The quantitative estimate of drug-likeness (QED) is 0.830. The summed E-state index contributed by atoms with van der Waals surface area (Å²) in [5, 5.41) is 11.1. The number of rotatable bonds is 4. The highest BCUT2D eigenvalue weighted by Gasteiger charge is 2.28. The van der Waals surface area contributed by atoms with Gasteiger partial charge in [0, 0.05) is 4.47 Å². The third-order valence-electron chi connectivity index (χ3n) is 2.91. The van der Waals surface area contributed by atoms with E-state index in [0.717, 1.165) is 4.47 Å². The molecule has 0 aromatic heterocycles. The zero-order chi connectivity index (χ0) is 15.6. The fourth-order valence-electron chi connectivity index (χ4n) is 1.84. The summed E-state index contributed by atoms with van der Waals surface area (Å²) in [6.07, 6.45) is 0. The molecule has 0 aliphatic carbocycles. The van der Waals surface area contributed by atoms with Crippen LogP contribution in [0, 0.1) is 0 Å². The van der Waals surface area contributed by atoms with E-state index in [0.29, 0.717) is 11.4 Å². The molecule has 0 saturated heterocycles. The number of aliphatic carboxylic acids is 1. The van der Waals surface area contributed by atoms with Crippen LogP contribution in [0.2, 0.25) is 0 Å². The fraction of sp³-hybridized carbons (Fsp3) is 0.308. The van der Waals surface area contributed by atoms with Crippen molar-refractivity contribution in [3.63, 3.8) is 0 Å². The van der Waals surface area contributed by atoms with Gasteiger partial charge in [0.1, 0.15) is 18.3 Å². The molecule has 0 unspecified atom stereocenters. The van der Waals surface area contributed by atoms with Crippen molar-refractivity contribution < 1.29 is 24.2 Å². The molecule has 7 nitrogen and oxygen atoms in total. The number of carbonyl (C=O) groups is 3. The number of carboxylic acids is 1. The lowest BCUT2D eigenvalue weighted by molar-refractivity contribution is -0.141. The van der Waals surface area contributed by atoms with Crippen LogP contribution < -0.4 is 15.0 Å². The predicted octanol–water partition coefficient (Wildman–Crippen LogP) is 0.764. The number of nitrogens with zero attached hydrogens (tertiary/aromatic N) is 1. The number of benzene rings is 1. The molecule has 0 spiro atoms. The van der Waals surface area contributed by atoms with Gasteiger partial charge >= 0.3 is 5.97 Å². The second-order valence-electron chi connectivity index (χ2n) is 4.51. The summed E-state index contributed by atoms with van der Waals surface area (Å²) in [6.45, 7) is 0.937. The van der Waals surface area contributed by atoms with E-state index in [1.807, 2.05) is 0 Å². The van der Waals surface area contributed by atoms with Gasteiger partial charge in [0.2, 0.25) is 5.91 Å². The Balaban J connectivity index is 2.15. The Morgan fingerprint density at radius 1 is 1.52 bits per heavy atom. The summed E-state index contributed by atoms with van der Waals surface area (Å²) in [4.78, 5) is 35.7. The number of hydrogen-bond donors (Lipinski definition) is 2. The average Bonchev–Trinajstić information content (AvgIpc) is 2.41. The number of ether oxygens (including phenoxy) is 1. The largest absolute Gasteiger partial charge is 0.482 e. The number of halogens is 1. The number of carboxylic acid groups (broad SMARTS) is 1. The summed E-state index contributed by atoms with van der Waals surface area (Å²) in [5.74, 6) is -1.55. The molecular weight excluding hydrogens is 344 g/mol. The molecule has 1 aromatic rings. The molecule has 21 heavy (non-hydrogen) atoms. The average molecular weight is 357 g/mol. The highest BCUT2D eigenvalue weighted by molar-refractivity contribution is 9.10. The van der Waals surface area contributed by atoms with Gasteiger partial charge in [-0.3, -0.25) is 19.3 Å². The molecule has 0 fully saturated rings. The van der Waals surface area contributed by atoms with E-state index in [1.165, 1.54) is 11.8 Å². The van der Waals surface area contributed by atoms with Gasteiger partial charge in [-0.1, -0.05) is 15.9 Å². The van der Waals surface area contributed by atoms with Crippen LogP contribution in [-0.4, -0.2) is 42.1 Å². The molecule has 1 aromatic carbocycles. The Kier molecular flexibility index (Phi) is 4.46. The standard InChI is InChI=1S/C13H13BrN2O5/c1-7(13(19)20)15-11(17)5-16-9-3-2-8(14)4-10(9)21-6-12(16)18/h2-4,7H,5-6H2,1H3,(H,15,17)(H,19,20)/t7-/m0/s1. The third kappa shape index (κ3) is 3.52. The Labute approximate surface area is 129 Å². The molecule has 0 bridgehead atoms. The zero-order valence-electron chi connectivity index (χ0n) is 11.1. The molecule has 2 N–H and O–H groups in total. The van der Waals surface area contributed by atoms with Gasteiger partial charge in [0.05, 0.1) is 5.69 Å². The van der Waals surface area contributed by atoms with Gasteiger partial charge in [0.25, 0.3) is 5.91 Å². The third-order valence-corrected chi connectivity index (χ3v) is 3.41. The molecule has 112 valence electrons. The molecule has 2 rings (SSSR count). The lowest BCUT2D eigenvalue weighted by atomic mass is 10.2. The first-order valence-corrected chi connectivity index (χ1v) is 6.92. The number of hydrogen-bond acceptors (Lipinski definition) is 4. The topological polar surface area (TPSA) is 95.9 Å². The summed E-state index contributed by atoms with van der Waals surface area (Å²) in [7, 11) is 0. The van der Waals surface area contributed by atoms with Gasteiger partial charge in [-0.25, -0.2) is 0 Å². The SMILES string of the molecule is C[C@H](NC(=O)CN1C(=O)COc2cc(Br)ccc21)C(=O)O. The monoisotopic (exact) mass is 356 g/mol. The van der Waals surface area contributed by atoms with E-state index in [9.17, 15) is 14.4 Å². The summed E-state index contributed by atoms with van der Waals surface area (Å²) < 4.78 is 6.09. The zero-order valence-corrected chi connectivity index (χ0v) is 12.7. The van der Waals surface area contributed by atoms with E-state index < -0.39 is 17.9 Å². The number of carbonyl (C=O) groups excluding carboxylic acids is 2. The van der Waals surface area contributed by atoms with E-state index in [-0.39, 0.29) is 19.1 Å². The van der Waals surface area contributed by atoms with Crippen molar-refractivity contribution in [1.29, 1.82) is 0 Å². The molecule has 1 aliphatic heterocycles. The van der Waals surface area contributed by atoms with Crippen LogP contribution in [0.3, 0.4) is 0 Å². The van der Waals surface area contributed by atoms with E-state index in [4.69, 9.17) is 9.84 Å². The van der Waals surface area contributed by atoms with Gasteiger partial charge < -0.3 is 15.2 Å². The van der Waals surface area contributed by atoms with Crippen molar-refractivity contribution in [3.05, 3.63) is 22.7 Å². The van der Waals surface area contributed by atoms with Crippen LogP contribution in [0.25, 0.3) is 0 Å². The van der Waals surface area contributed by atoms with Crippen molar-refractivity contribution in [2.24, 2.45) is 0 Å². The number of anilines is 1. The van der Waals surface area contributed by atoms with Crippen LogP contribution in [0.1, 0.15) is 6.92 Å². The fourth-order valence-corrected chi connectivity index (χ4v) is 2.18. The molecular formula is C13H13BrN2O5. The Hall–Kier alpha value is -2.09. The van der Waals surface area contributed by atoms with Crippen molar-refractivity contribution >= 4 is 39.4 Å². The second kappa shape index (κ2) is 6.13. The van der Waals surface area contributed by atoms with Crippen molar-refractivity contribution in [3.8, 4) is 5.75 Å². The van der Waals surface area contributed by atoms with Crippen LogP contribution in [0.5, 0.6) is 5.75 Å². The lowest BCUT2D eigenvalue weighted by Crippen LogP contribution is -2.48. The van der Waals surface area contributed by atoms with Crippen LogP contribution in [0.15, 0.2) is 22.7 Å². The molecule has 1 heterocycles. The summed E-state index contributed by atoms with van der Waals surface area (Å²) >= 11 is 3.30. The molecule has 2 amide bonds. The van der Waals surface area contributed by atoms with Gasteiger partial charge in [-0.15, -0.1) is 0 Å². The van der Waals surface area contributed by atoms with Crippen LogP contribution >= 0.6 is 15.9 Å². The van der Waals surface area contributed by atoms with Gasteiger partial charge in [-0.05, 0) is 25.1 Å². The summed E-state index contributed by atoms with van der Waals surface area (Å²) in [6, 6.07) is 4.07. The Morgan fingerprint density at radius 2 is 2.24 bits per heavy atom. The minimum absolute atomic E-state index is 0.161. The van der Waals surface area contributed by atoms with Crippen molar-refractivity contribution in [2.45, 2.75) is 13.0 Å². The van der Waals surface area contributed by atoms with Gasteiger partial charge in [-0.2, -0.15) is 0 Å². The molecule has 1 atom stereocenters. The molecule has 8 heteroatoms. The predicted molar refractivity (Wildman–Crippen MR) is 77.2 cm³/mol. The lowest BCUT2D eigenvalue weighted by Gasteiger charge is -2.29.